The highest BCUT2D eigenvalue weighted by Gasteiger charge is 2.67. The Morgan fingerprint density at radius 3 is 1.92 bits per heavy atom. The highest BCUT2D eigenvalue weighted by Crippen LogP contribution is 2.55. The number of allylic oxidation sites excluding steroid dienone is 3. The van der Waals surface area contributed by atoms with E-state index in [0.717, 1.165) is 12.0 Å². The first kappa shape index (κ1) is 65.1. The van der Waals surface area contributed by atoms with E-state index in [0.29, 0.717) is 76.2 Å². The molecule has 0 radical (unpaired) electrons. The molecule has 12 aliphatic rings. The van der Waals surface area contributed by atoms with Crippen molar-refractivity contribution in [3.05, 3.63) is 49.1 Å². The zero-order valence-electron chi connectivity index (χ0n) is 50.4. The minimum absolute atomic E-state index is 0.0176. The summed E-state index contributed by atoms with van der Waals surface area (Å²) in [4.78, 5) is 0. The predicted octanol–water partition coefficient (Wildman–Crippen LogP) is 3.52. The summed E-state index contributed by atoms with van der Waals surface area (Å²) in [6, 6.07) is 0. The van der Waals surface area contributed by atoms with Crippen molar-refractivity contribution < 1.29 is 116 Å². The molecule has 12 aliphatic heterocycles. The molecule has 3 unspecified atom stereocenters. The van der Waals surface area contributed by atoms with Crippen LogP contribution in [-0.2, 0) is 90.7 Å². The van der Waals surface area contributed by atoms with Crippen LogP contribution in [0.2, 0.25) is 0 Å². The fourth-order valence-electron chi connectivity index (χ4n) is 16.6. The molecule has 0 amide bonds. The van der Waals surface area contributed by atoms with Crippen molar-refractivity contribution in [1.82, 2.24) is 0 Å². The fourth-order valence-corrected chi connectivity index (χ4v) is 17.5. The van der Waals surface area contributed by atoms with Crippen LogP contribution in [-0.4, -0.2) is 234 Å². The molecule has 0 bridgehead atoms. The molecule has 12 fully saturated rings. The van der Waals surface area contributed by atoms with Crippen LogP contribution in [0.3, 0.4) is 0 Å². The molecule has 0 saturated carbocycles. The highest BCUT2D eigenvalue weighted by atomic mass is 32.3. The summed E-state index contributed by atoms with van der Waals surface area (Å²) in [5.41, 5.74) is -4.18. The topological polar surface area (TPSA) is 328 Å². The standard InChI is InChI=1S/C60H90O25S2/c1-10-11-29(2)12-15-56(5,64)53-31(4)20-40-39(78-53)26-48-60(9,83-40)54(81-55-50(63)49(62)44(28-61)79-55)52-43(77-48)24-42-51(80-52)30(3)13-16-58(7)46(76-42)27-45-59(8,85-58)17-14-32-33(75-45)21-35-34(72-32)22-36-37(73-35)23-41-38(74-36)25-47(84-87(68,69)70)57(6,82-41)18-19-71-86(65,66)67/h10,12,15,30,32-55,61-64H,1-2,4,11,13-14,16-28H2,3,5-9H3,(H,65,66,67)(H,68,69,70)/b15-12-/t30?,32-,33-,34+,35+,36-,37-,38+,39-,40-,41+,42-,43?,44+,45+,46-,47-,48-,49-,50-,51-,52-,53+,54+,55+,56+,57-,58+,59+,60?/m1/s1. The van der Waals surface area contributed by atoms with Crippen LogP contribution in [0.25, 0.3) is 0 Å². The number of fused-ring (bicyclic) bond motifs is 10. The molecule has 0 aromatic carbocycles. The smallest absolute Gasteiger partial charge is 0.394 e. The molecular formula is C60H90O25S2. The minimum atomic E-state index is -4.97. The van der Waals surface area contributed by atoms with E-state index in [4.69, 9.17) is 65.8 Å². The summed E-state index contributed by atoms with van der Waals surface area (Å²) in [6.07, 6.45) is -5.69. The van der Waals surface area contributed by atoms with Crippen molar-refractivity contribution in [2.45, 2.75) is 306 Å². The van der Waals surface area contributed by atoms with Gasteiger partial charge < -0.3 is 82.0 Å². The number of rotatable bonds is 14. The maximum Gasteiger partial charge on any atom is 0.397 e. The van der Waals surface area contributed by atoms with Crippen molar-refractivity contribution >= 4 is 20.8 Å². The normalized spacial score (nSPS) is 51.3. The van der Waals surface area contributed by atoms with Gasteiger partial charge in [0.15, 0.2) is 6.29 Å². The Bertz CT molecular complexity index is 2820. The van der Waals surface area contributed by atoms with E-state index < -0.39 is 184 Å². The van der Waals surface area contributed by atoms with Crippen molar-refractivity contribution in [1.29, 1.82) is 0 Å². The van der Waals surface area contributed by atoms with Gasteiger partial charge in [0.1, 0.15) is 53.9 Å². The lowest BCUT2D eigenvalue weighted by Crippen LogP contribution is -2.75. The van der Waals surface area contributed by atoms with E-state index in [1.807, 2.05) is 6.92 Å². The van der Waals surface area contributed by atoms with Gasteiger partial charge >= 0.3 is 20.8 Å². The Kier molecular flexibility index (Phi) is 18.0. The summed E-state index contributed by atoms with van der Waals surface area (Å²) in [7, 11) is -9.78. The van der Waals surface area contributed by atoms with Gasteiger partial charge in [-0.25, -0.2) is 8.37 Å². The Morgan fingerprint density at radius 2 is 1.28 bits per heavy atom. The third-order valence-electron chi connectivity index (χ3n) is 21.4. The molecule has 0 spiro atoms. The summed E-state index contributed by atoms with van der Waals surface area (Å²) >= 11 is 0. The van der Waals surface area contributed by atoms with Crippen LogP contribution in [0.15, 0.2) is 49.1 Å². The van der Waals surface area contributed by atoms with Gasteiger partial charge in [-0.05, 0) is 84.6 Å². The predicted molar refractivity (Wildman–Crippen MR) is 302 cm³/mol. The van der Waals surface area contributed by atoms with Gasteiger partial charge in [-0.2, -0.15) is 16.8 Å². The quantitative estimate of drug-likeness (QED) is 0.0823. The van der Waals surface area contributed by atoms with Crippen LogP contribution >= 0.6 is 0 Å². The van der Waals surface area contributed by atoms with Crippen molar-refractivity contribution in [2.24, 2.45) is 5.92 Å². The Balaban J connectivity index is 0.747. The Labute approximate surface area is 509 Å². The number of ether oxygens (including phenoxy) is 13. The lowest BCUT2D eigenvalue weighted by Gasteiger charge is -2.61. The molecule has 87 heavy (non-hydrogen) atoms. The van der Waals surface area contributed by atoms with Crippen LogP contribution in [0.1, 0.15) is 131 Å². The van der Waals surface area contributed by atoms with Gasteiger partial charge in [-0.3, -0.25) is 9.11 Å². The molecule has 0 aromatic heterocycles. The molecule has 25 nitrogen and oxygen atoms in total. The average Bonchev–Trinajstić information content (AvgIpc) is 1.47. The van der Waals surface area contributed by atoms with Gasteiger partial charge in [-0.1, -0.05) is 43.9 Å². The van der Waals surface area contributed by atoms with Crippen molar-refractivity contribution in [2.75, 3.05) is 13.2 Å². The average molecular weight is 1280 g/mol. The lowest BCUT2D eigenvalue weighted by atomic mass is 9.72. The van der Waals surface area contributed by atoms with E-state index in [9.17, 15) is 46.4 Å². The largest absolute Gasteiger partial charge is 0.397 e. The Morgan fingerprint density at radius 1 is 0.690 bits per heavy atom. The van der Waals surface area contributed by atoms with Gasteiger partial charge in [0.25, 0.3) is 0 Å². The molecule has 6 N–H and O–H groups in total. The molecule has 12 rings (SSSR count). The zero-order valence-corrected chi connectivity index (χ0v) is 52.0. The third kappa shape index (κ3) is 12.8. The van der Waals surface area contributed by atoms with E-state index in [2.05, 4.69) is 44.7 Å². The zero-order chi connectivity index (χ0) is 62.1. The number of hydrogen-bond donors (Lipinski definition) is 6. The summed E-state index contributed by atoms with van der Waals surface area (Å²) in [5.74, 6) is -0.0425. The van der Waals surface area contributed by atoms with Gasteiger partial charge in [-0.15, -0.1) is 6.58 Å². The van der Waals surface area contributed by atoms with E-state index >= 15 is 0 Å². The molecule has 0 aliphatic carbocycles. The molecule has 12 saturated heterocycles. The summed E-state index contributed by atoms with van der Waals surface area (Å²) in [6.45, 7) is 22.6. The van der Waals surface area contributed by atoms with Crippen LogP contribution in [0.5, 0.6) is 0 Å². The summed E-state index contributed by atoms with van der Waals surface area (Å²) < 4.78 is 165. The second kappa shape index (κ2) is 24.1. The second-order valence-corrected chi connectivity index (χ2v) is 30.0. The lowest BCUT2D eigenvalue weighted by molar-refractivity contribution is -0.387. The number of hydrogen-bond acceptors (Lipinski definition) is 23. The molecule has 0 aromatic rings. The molecule has 30 atom stereocenters. The highest BCUT2D eigenvalue weighted by molar-refractivity contribution is 7.81. The first-order chi connectivity index (χ1) is 40.9. The van der Waals surface area contributed by atoms with Gasteiger partial charge in [0.2, 0.25) is 0 Å². The maximum absolute atomic E-state index is 12.0. The molecule has 492 valence electrons. The third-order valence-corrected chi connectivity index (χ3v) is 22.3. The number of aliphatic hydroxyl groups excluding tert-OH is 3. The van der Waals surface area contributed by atoms with Gasteiger partial charge in [0, 0.05) is 51.4 Å². The fraction of sp³-hybridized carbons (Fsp3) is 0.867. The molecule has 12 heterocycles. The van der Waals surface area contributed by atoms with E-state index in [1.54, 1.807) is 25.2 Å². The molecule has 27 heteroatoms. The van der Waals surface area contributed by atoms with E-state index in [1.165, 1.54) is 6.92 Å². The van der Waals surface area contributed by atoms with Crippen LogP contribution in [0, 0.1) is 5.92 Å². The number of aliphatic hydroxyl groups is 4. The Hall–Kier alpha value is -1.98. The SMILES string of the molecule is C=CCC(=C)/C=C\[C@](C)(O)[C@H]1O[C@@H]2C[C@H]3OC4C[C@H]5O[C@@H]6C[C@@H]7O[C@@H]8C[C@@H]9O[C@@H]%10C[C@@H]%11O[C@](C)(CCOS(=O)(=O)O)[C@H](OS(=O)(=O)O)C[C@@H]%11O[C@@H]%10C[C@@H]9O[C@@H]8CC[C@]7(C)O[C@@]6(C)CCC(C)[C@H]5O[C@H]4[C@H](O[C@@H]4O[C@@H](CO)[C@@H](O)[C@H]4O)C3(C)O[C@@H]2CC1=C. The first-order valence-corrected chi connectivity index (χ1v) is 33.8. The van der Waals surface area contributed by atoms with Crippen molar-refractivity contribution in [3.8, 4) is 0 Å². The first-order valence-electron chi connectivity index (χ1n) is 31.1. The van der Waals surface area contributed by atoms with E-state index in [-0.39, 0.29) is 43.2 Å². The van der Waals surface area contributed by atoms with Crippen LogP contribution < -0.4 is 0 Å². The van der Waals surface area contributed by atoms with Gasteiger partial charge in [0.05, 0.1) is 128 Å². The van der Waals surface area contributed by atoms with Crippen molar-refractivity contribution in [3.63, 3.8) is 0 Å². The second-order valence-electron chi connectivity index (χ2n) is 27.8. The molecular weight excluding hydrogens is 1180 g/mol. The maximum atomic E-state index is 12.0. The monoisotopic (exact) mass is 1270 g/mol. The summed E-state index contributed by atoms with van der Waals surface area (Å²) in [5, 5.41) is 44.2. The van der Waals surface area contributed by atoms with Crippen LogP contribution in [0.4, 0.5) is 0 Å². The minimum Gasteiger partial charge on any atom is -0.394 e.